The number of carbonyl (C=O) groups excluding carboxylic acids is 1. The van der Waals surface area contributed by atoms with Gasteiger partial charge in [0.2, 0.25) is 5.91 Å². The van der Waals surface area contributed by atoms with Crippen molar-refractivity contribution in [3.05, 3.63) is 0 Å². The van der Waals surface area contributed by atoms with Gasteiger partial charge in [-0.1, -0.05) is 6.42 Å². The van der Waals surface area contributed by atoms with Gasteiger partial charge < -0.3 is 9.80 Å². The third kappa shape index (κ3) is 2.76. The van der Waals surface area contributed by atoms with Crippen LogP contribution in [0.15, 0.2) is 0 Å². The highest BCUT2D eigenvalue weighted by Gasteiger charge is 2.29. The Morgan fingerprint density at radius 2 is 1.88 bits per heavy atom. The number of carbonyl (C=O) groups is 1. The van der Waals surface area contributed by atoms with Crippen LogP contribution >= 0.6 is 0 Å². The second-order valence-electron chi connectivity index (χ2n) is 5.46. The average Bonchev–Trinajstić information content (AvgIpc) is 2.18. The Hall–Kier alpha value is -0.570. The number of hydrogen-bond donors (Lipinski definition) is 0. The van der Waals surface area contributed by atoms with Crippen LogP contribution in [0.2, 0.25) is 0 Å². The standard InChI is InChI=1S/C13H24N2O/c1-11(16)14(2)10-12-6-8-15(9-7-12)13-4-3-5-13/h12-13H,3-10H2,1-2H3. The third-order valence-electron chi connectivity index (χ3n) is 4.31. The number of nitrogens with zero attached hydrogens (tertiary/aromatic N) is 2. The van der Waals surface area contributed by atoms with Crippen LogP contribution in [-0.2, 0) is 4.79 Å². The molecule has 0 spiro atoms. The van der Waals surface area contributed by atoms with Crippen molar-refractivity contribution in [1.82, 2.24) is 9.80 Å². The zero-order chi connectivity index (χ0) is 11.5. The van der Waals surface area contributed by atoms with Crippen molar-refractivity contribution in [2.75, 3.05) is 26.7 Å². The van der Waals surface area contributed by atoms with E-state index in [1.807, 2.05) is 11.9 Å². The van der Waals surface area contributed by atoms with Crippen LogP contribution in [0, 0.1) is 5.92 Å². The quantitative estimate of drug-likeness (QED) is 0.729. The number of likely N-dealkylation sites (tertiary alicyclic amines) is 1. The second kappa shape index (κ2) is 5.17. The molecule has 0 aromatic carbocycles. The van der Waals surface area contributed by atoms with Gasteiger partial charge in [0.15, 0.2) is 0 Å². The molecule has 1 saturated heterocycles. The molecule has 0 aromatic heterocycles. The molecule has 1 aliphatic heterocycles. The van der Waals surface area contributed by atoms with E-state index in [1.54, 1.807) is 6.92 Å². The zero-order valence-corrected chi connectivity index (χ0v) is 10.6. The van der Waals surface area contributed by atoms with Gasteiger partial charge in [0, 0.05) is 26.6 Å². The minimum absolute atomic E-state index is 0.196. The Labute approximate surface area is 98.8 Å². The van der Waals surface area contributed by atoms with Crippen molar-refractivity contribution in [3.8, 4) is 0 Å². The largest absolute Gasteiger partial charge is 0.346 e. The highest BCUT2D eigenvalue weighted by Crippen LogP contribution is 2.29. The Morgan fingerprint density at radius 1 is 1.25 bits per heavy atom. The molecule has 3 nitrogen and oxygen atoms in total. The topological polar surface area (TPSA) is 23.6 Å². The fourth-order valence-electron chi connectivity index (χ4n) is 2.77. The summed E-state index contributed by atoms with van der Waals surface area (Å²) < 4.78 is 0. The molecule has 92 valence electrons. The molecular weight excluding hydrogens is 200 g/mol. The second-order valence-corrected chi connectivity index (χ2v) is 5.46. The average molecular weight is 224 g/mol. The molecule has 0 atom stereocenters. The molecule has 2 aliphatic rings. The molecule has 1 saturated carbocycles. The fourth-order valence-corrected chi connectivity index (χ4v) is 2.77. The summed E-state index contributed by atoms with van der Waals surface area (Å²) in [5, 5.41) is 0. The lowest BCUT2D eigenvalue weighted by atomic mass is 9.88. The first-order chi connectivity index (χ1) is 7.66. The Morgan fingerprint density at radius 3 is 2.31 bits per heavy atom. The molecule has 2 rings (SSSR count). The number of rotatable bonds is 3. The van der Waals surface area contributed by atoms with Gasteiger partial charge in [-0.25, -0.2) is 0 Å². The lowest BCUT2D eigenvalue weighted by molar-refractivity contribution is -0.128. The number of piperidine rings is 1. The van der Waals surface area contributed by atoms with E-state index in [2.05, 4.69) is 4.90 Å². The summed E-state index contributed by atoms with van der Waals surface area (Å²) in [4.78, 5) is 15.7. The summed E-state index contributed by atoms with van der Waals surface area (Å²) >= 11 is 0. The van der Waals surface area contributed by atoms with Gasteiger partial charge in [-0.3, -0.25) is 4.79 Å². The first-order valence-electron chi connectivity index (χ1n) is 6.62. The maximum Gasteiger partial charge on any atom is 0.219 e. The molecule has 0 radical (unpaired) electrons. The van der Waals surface area contributed by atoms with Crippen molar-refractivity contribution in [1.29, 1.82) is 0 Å². The molecule has 2 fully saturated rings. The van der Waals surface area contributed by atoms with Crippen molar-refractivity contribution < 1.29 is 4.79 Å². The lowest BCUT2D eigenvalue weighted by Crippen LogP contribution is -2.46. The zero-order valence-electron chi connectivity index (χ0n) is 10.6. The van der Waals surface area contributed by atoms with E-state index in [1.165, 1.54) is 45.2 Å². The normalized spacial score (nSPS) is 24.1. The Bertz CT molecular complexity index is 242. The molecule has 1 heterocycles. The molecule has 3 heteroatoms. The molecule has 0 aromatic rings. The monoisotopic (exact) mass is 224 g/mol. The van der Waals surface area contributed by atoms with E-state index in [0.717, 1.165) is 18.5 Å². The van der Waals surface area contributed by atoms with Crippen LogP contribution in [-0.4, -0.2) is 48.4 Å². The van der Waals surface area contributed by atoms with Crippen molar-refractivity contribution >= 4 is 5.91 Å². The van der Waals surface area contributed by atoms with Gasteiger partial charge in [-0.15, -0.1) is 0 Å². The molecule has 1 amide bonds. The van der Waals surface area contributed by atoms with Gasteiger partial charge in [0.25, 0.3) is 0 Å². The Kier molecular flexibility index (Phi) is 3.85. The van der Waals surface area contributed by atoms with Crippen LogP contribution in [0.3, 0.4) is 0 Å². The maximum absolute atomic E-state index is 11.2. The van der Waals surface area contributed by atoms with Crippen LogP contribution in [0.25, 0.3) is 0 Å². The summed E-state index contributed by atoms with van der Waals surface area (Å²) in [7, 11) is 1.92. The number of hydrogen-bond acceptors (Lipinski definition) is 2. The summed E-state index contributed by atoms with van der Waals surface area (Å²) in [6.45, 7) is 5.11. The molecule has 0 unspecified atom stereocenters. The van der Waals surface area contributed by atoms with E-state index < -0.39 is 0 Å². The molecular formula is C13H24N2O. The van der Waals surface area contributed by atoms with Crippen molar-refractivity contribution in [2.24, 2.45) is 5.92 Å². The summed E-state index contributed by atoms with van der Waals surface area (Å²) in [6.07, 6.45) is 6.80. The Balaban J connectivity index is 1.70. The van der Waals surface area contributed by atoms with E-state index in [0.29, 0.717) is 0 Å². The summed E-state index contributed by atoms with van der Waals surface area (Å²) in [5.41, 5.74) is 0. The smallest absolute Gasteiger partial charge is 0.219 e. The SMILES string of the molecule is CC(=O)N(C)CC1CCN(C2CCC2)CC1. The number of amides is 1. The fraction of sp³-hybridized carbons (Fsp3) is 0.923. The van der Waals surface area contributed by atoms with E-state index in [9.17, 15) is 4.79 Å². The minimum atomic E-state index is 0.196. The molecule has 0 bridgehead atoms. The summed E-state index contributed by atoms with van der Waals surface area (Å²) in [6, 6.07) is 0.895. The maximum atomic E-state index is 11.2. The first kappa shape index (κ1) is 11.9. The molecule has 16 heavy (non-hydrogen) atoms. The van der Waals surface area contributed by atoms with Gasteiger partial charge in [0.05, 0.1) is 0 Å². The first-order valence-corrected chi connectivity index (χ1v) is 6.62. The molecule has 1 aliphatic carbocycles. The van der Waals surface area contributed by atoms with Crippen molar-refractivity contribution in [2.45, 2.75) is 45.1 Å². The lowest BCUT2D eigenvalue weighted by Gasteiger charge is -2.42. The third-order valence-corrected chi connectivity index (χ3v) is 4.31. The van der Waals surface area contributed by atoms with Gasteiger partial charge >= 0.3 is 0 Å². The highest BCUT2D eigenvalue weighted by atomic mass is 16.2. The van der Waals surface area contributed by atoms with E-state index >= 15 is 0 Å². The predicted molar refractivity (Wildman–Crippen MR) is 65.2 cm³/mol. The van der Waals surface area contributed by atoms with Crippen LogP contribution in [0.5, 0.6) is 0 Å². The van der Waals surface area contributed by atoms with Crippen LogP contribution < -0.4 is 0 Å². The minimum Gasteiger partial charge on any atom is -0.346 e. The predicted octanol–water partition coefficient (Wildman–Crippen LogP) is 1.73. The van der Waals surface area contributed by atoms with Crippen LogP contribution in [0.4, 0.5) is 0 Å². The van der Waals surface area contributed by atoms with E-state index in [-0.39, 0.29) is 5.91 Å². The van der Waals surface area contributed by atoms with Crippen LogP contribution in [0.1, 0.15) is 39.0 Å². The summed E-state index contributed by atoms with van der Waals surface area (Å²) in [5.74, 6) is 0.923. The highest BCUT2D eigenvalue weighted by molar-refractivity contribution is 5.72. The van der Waals surface area contributed by atoms with E-state index in [4.69, 9.17) is 0 Å². The van der Waals surface area contributed by atoms with Gasteiger partial charge in [-0.05, 0) is 44.7 Å². The van der Waals surface area contributed by atoms with Crippen molar-refractivity contribution in [3.63, 3.8) is 0 Å². The van der Waals surface area contributed by atoms with Gasteiger partial charge in [0.1, 0.15) is 0 Å². The van der Waals surface area contributed by atoms with Gasteiger partial charge in [-0.2, -0.15) is 0 Å². The molecule has 0 N–H and O–H groups in total.